The molecule has 5 aromatic rings. The van der Waals surface area contributed by atoms with Gasteiger partial charge in [0.05, 0.1) is 1.37 Å². The molecule has 3 N–H and O–H groups in total. The van der Waals surface area contributed by atoms with E-state index in [0.29, 0.717) is 5.56 Å². The first kappa shape index (κ1) is 29.0. The zero-order chi connectivity index (χ0) is 32.8. The lowest BCUT2D eigenvalue weighted by Crippen LogP contribution is -2.48. The van der Waals surface area contributed by atoms with Crippen molar-refractivity contribution >= 4 is 18.0 Å². The number of carbonyl (C=O) groups excluding carboxylic acids is 2. The third-order valence-corrected chi connectivity index (χ3v) is 8.41. The van der Waals surface area contributed by atoms with Gasteiger partial charge in [-0.05, 0) is 57.3 Å². The van der Waals surface area contributed by atoms with Crippen molar-refractivity contribution in [3.05, 3.63) is 167 Å². The minimum absolute atomic E-state index is 0.0149. The molecule has 7 heteroatoms. The van der Waals surface area contributed by atoms with E-state index in [0.717, 1.165) is 39.8 Å². The highest BCUT2D eigenvalue weighted by Crippen LogP contribution is 2.39. The average molecular weight is 612 g/mol. The summed E-state index contributed by atoms with van der Waals surface area (Å²) in [6, 6.07) is 38.7. The molecular weight excluding hydrogens is 576 g/mol. The van der Waals surface area contributed by atoms with E-state index in [1.54, 1.807) is 18.2 Å². The van der Waals surface area contributed by atoms with Gasteiger partial charge in [-0.25, -0.2) is 9.59 Å². The van der Waals surface area contributed by atoms with Crippen LogP contribution < -0.4 is 10.6 Å². The van der Waals surface area contributed by atoms with E-state index in [2.05, 4.69) is 22.8 Å². The van der Waals surface area contributed by atoms with E-state index in [1.807, 2.05) is 97.1 Å². The van der Waals surface area contributed by atoms with Crippen LogP contribution in [0.2, 0.25) is 0 Å². The second kappa shape index (κ2) is 13.5. The number of carboxylic acid groups (broad SMARTS) is 1. The van der Waals surface area contributed by atoms with Crippen molar-refractivity contribution in [2.75, 3.05) is 0 Å². The van der Waals surface area contributed by atoms with Crippen LogP contribution in [0.4, 0.5) is 4.79 Å². The van der Waals surface area contributed by atoms with Gasteiger partial charge in [0.2, 0.25) is 5.91 Å². The maximum Gasteiger partial charge on any atom is 0.408 e. The first-order chi connectivity index (χ1) is 22.9. The highest BCUT2D eigenvalue weighted by molar-refractivity contribution is 5.83. The number of alkyl carbamates (subject to hydrolysis) is 1. The summed E-state index contributed by atoms with van der Waals surface area (Å²) in [5.74, 6) is -1.72. The maximum absolute atomic E-state index is 13.7. The van der Waals surface area contributed by atoms with Gasteiger partial charge in [0.25, 0.3) is 0 Å². The highest BCUT2D eigenvalue weighted by Gasteiger charge is 2.38. The van der Waals surface area contributed by atoms with Crippen LogP contribution in [0.3, 0.4) is 0 Å². The van der Waals surface area contributed by atoms with Crippen LogP contribution in [0.5, 0.6) is 0 Å². The van der Waals surface area contributed by atoms with Gasteiger partial charge >= 0.3 is 12.1 Å². The van der Waals surface area contributed by atoms with Gasteiger partial charge in [0, 0.05) is 6.42 Å². The van der Waals surface area contributed by atoms with Crippen LogP contribution >= 0.6 is 0 Å². The Morgan fingerprint density at radius 1 is 0.761 bits per heavy atom. The molecule has 0 radical (unpaired) electrons. The predicted molar refractivity (Wildman–Crippen MR) is 176 cm³/mol. The van der Waals surface area contributed by atoms with Gasteiger partial charge < -0.3 is 20.5 Å². The van der Waals surface area contributed by atoms with Crippen LogP contribution in [0.15, 0.2) is 133 Å². The van der Waals surface area contributed by atoms with Gasteiger partial charge in [-0.15, -0.1) is 0 Å². The number of benzene rings is 5. The molecular formula is C39H34N2O5. The van der Waals surface area contributed by atoms with Gasteiger partial charge in [-0.3, -0.25) is 4.79 Å². The molecule has 0 aliphatic heterocycles. The third kappa shape index (κ3) is 6.26. The van der Waals surface area contributed by atoms with Gasteiger partial charge in [-0.2, -0.15) is 0 Å². The van der Waals surface area contributed by atoms with Gasteiger partial charge in [0.1, 0.15) is 18.2 Å². The van der Waals surface area contributed by atoms with Crippen molar-refractivity contribution in [2.24, 2.45) is 0 Å². The molecule has 1 aliphatic rings. The lowest BCUT2D eigenvalue weighted by molar-refractivity contribution is -0.139. The van der Waals surface area contributed by atoms with E-state index >= 15 is 0 Å². The summed E-state index contributed by atoms with van der Waals surface area (Å²) in [7, 11) is 0. The number of ether oxygens (including phenoxy) is 1. The molecule has 2 amide bonds. The fraction of sp³-hybridized carbons (Fsp3) is 0.154. The number of hydrogen-bond donors (Lipinski definition) is 3. The molecule has 7 nitrogen and oxygen atoms in total. The summed E-state index contributed by atoms with van der Waals surface area (Å²) in [5, 5.41) is 15.5. The number of aliphatic carboxylic acids is 1. The molecule has 0 fully saturated rings. The molecule has 1 aliphatic carbocycles. The zero-order valence-corrected chi connectivity index (χ0v) is 25.1. The second-order valence-electron chi connectivity index (χ2n) is 11.2. The Morgan fingerprint density at radius 3 is 2.04 bits per heavy atom. The van der Waals surface area contributed by atoms with Crippen LogP contribution in [-0.2, 0) is 32.9 Å². The molecule has 0 unspecified atom stereocenters. The number of nitrogens with one attached hydrogen (secondary N) is 2. The number of hydrogen-bond acceptors (Lipinski definition) is 4. The predicted octanol–water partition coefficient (Wildman–Crippen LogP) is 6.83. The molecule has 0 heterocycles. The van der Waals surface area contributed by atoms with Crippen molar-refractivity contribution in [3.8, 4) is 11.1 Å². The van der Waals surface area contributed by atoms with Gasteiger partial charge in [0.15, 0.2) is 0 Å². The molecule has 0 saturated heterocycles. The van der Waals surface area contributed by atoms with Crippen molar-refractivity contribution < 1.29 is 25.6 Å². The van der Waals surface area contributed by atoms with Crippen molar-refractivity contribution in [2.45, 2.75) is 37.5 Å². The summed E-state index contributed by atoms with van der Waals surface area (Å²) >= 11 is 0. The number of amides is 2. The minimum Gasteiger partial charge on any atom is -0.480 e. The lowest BCUT2D eigenvalue weighted by Gasteiger charge is -2.37. The smallest absolute Gasteiger partial charge is 0.408 e. The zero-order valence-electron chi connectivity index (χ0n) is 26.1. The van der Waals surface area contributed by atoms with Crippen molar-refractivity contribution in [3.63, 3.8) is 0 Å². The minimum atomic E-state index is -1.36. The number of carboxylic acids is 1. The number of fused-ring (bicyclic) bond motifs is 3. The molecule has 5 aromatic carbocycles. The van der Waals surface area contributed by atoms with Crippen LogP contribution in [0.1, 0.15) is 47.6 Å². The first-order valence-corrected chi connectivity index (χ1v) is 15.2. The van der Waals surface area contributed by atoms with Gasteiger partial charge in [-0.1, -0.05) is 133 Å². The van der Waals surface area contributed by atoms with Crippen LogP contribution in [0, 0.1) is 0 Å². The quantitative estimate of drug-likeness (QED) is 0.139. The molecule has 0 saturated carbocycles. The van der Waals surface area contributed by atoms with Crippen molar-refractivity contribution in [1.82, 2.24) is 10.6 Å². The third-order valence-electron chi connectivity index (χ3n) is 8.41. The molecule has 0 bridgehead atoms. The molecule has 1 atom stereocenters. The Kier molecular flexibility index (Phi) is 8.54. The Bertz CT molecular complexity index is 1870. The van der Waals surface area contributed by atoms with Crippen LogP contribution in [-0.4, -0.2) is 29.1 Å². The Morgan fingerprint density at radius 2 is 1.37 bits per heavy atom. The summed E-state index contributed by atoms with van der Waals surface area (Å²) < 4.78 is 14.2. The fourth-order valence-corrected chi connectivity index (χ4v) is 6.18. The fourth-order valence-electron chi connectivity index (χ4n) is 6.18. The summed E-state index contributed by atoms with van der Waals surface area (Å²) in [6.07, 6.45) is -0.521. The molecule has 230 valence electrons. The first-order valence-electron chi connectivity index (χ1n) is 15.7. The second-order valence-corrected chi connectivity index (χ2v) is 11.2. The van der Waals surface area contributed by atoms with E-state index in [-0.39, 0.29) is 25.5 Å². The van der Waals surface area contributed by atoms with E-state index in [9.17, 15) is 19.5 Å². The molecule has 6 rings (SSSR count). The monoisotopic (exact) mass is 611 g/mol. The molecule has 0 spiro atoms. The van der Waals surface area contributed by atoms with E-state index in [1.165, 1.54) is 5.56 Å². The van der Waals surface area contributed by atoms with E-state index < -0.39 is 29.6 Å². The van der Waals surface area contributed by atoms with Crippen LogP contribution in [0.25, 0.3) is 11.1 Å². The van der Waals surface area contributed by atoms with Crippen molar-refractivity contribution in [1.29, 1.82) is 0 Å². The summed E-state index contributed by atoms with van der Waals surface area (Å²) in [4.78, 5) is 38.7. The maximum atomic E-state index is 13.7. The summed E-state index contributed by atoms with van der Waals surface area (Å²) in [6.45, 7) is -0.0149. The lowest BCUT2D eigenvalue weighted by atomic mass is 9.77. The summed E-state index contributed by atoms with van der Waals surface area (Å²) in [5.41, 5.74) is 6.24. The normalized spacial score (nSPS) is 12.7. The Labute approximate surface area is 269 Å². The van der Waals surface area contributed by atoms with E-state index in [4.69, 9.17) is 6.11 Å². The Balaban J connectivity index is 1.16. The topological polar surface area (TPSA) is 105 Å². The highest BCUT2D eigenvalue weighted by atomic mass is 16.5. The molecule has 46 heavy (non-hydrogen) atoms. The standard InChI is InChI=1S/C39H34N2O5/c42-36(41-39(29-15-4-1-5-16-29,30-17-6-2-7-18-30)31-19-8-3-9-20-31)24-23-35(37(43)44)40-38(45)46-26-28-14-12-22-33-32-21-11-10-13-27(32)25-34(28)33/h1-22,35H,23-26H2,(H,40,45)(H,41,42)(H,43,44)/t35-/m0/s1/i15D. The SMILES string of the molecule is [2H]c1ccccc1C(NC(=O)CC[C@H](NC(=O)OCc1cccc2c1Cc1ccccc1-2)C(=O)O)(c1ccccc1)c1ccccc1. The Hall–Kier alpha value is -5.69. The number of rotatable bonds is 11. The largest absolute Gasteiger partial charge is 0.480 e. The number of carbonyl (C=O) groups is 3. The molecule has 0 aromatic heterocycles. The average Bonchev–Trinajstić information content (AvgIpc) is 3.48.